The average Bonchev–Trinajstić information content (AvgIpc) is 2.70. The highest BCUT2D eigenvalue weighted by Crippen LogP contribution is 2.36. The lowest BCUT2D eigenvalue weighted by molar-refractivity contribution is 0.0544. The minimum absolute atomic E-state index is 0.00260. The van der Waals surface area contributed by atoms with E-state index in [1.54, 1.807) is 18.2 Å². The van der Waals surface area contributed by atoms with Crippen LogP contribution in [0.5, 0.6) is 0 Å². The number of pyridine rings is 1. The standard InChI is InChI=1S/C21H19F3N2O/c22-15-3-1-14(2-4-15)21(8-11-27-12-9-21)13-26-18-7-10-25-20-17(24)6-5-16(23)19(18)20/h1-7,10H,8-9,11-13H2,(H,25,26). The fraction of sp³-hybridized carbons (Fsp3) is 0.286. The van der Waals surface area contributed by atoms with Crippen molar-refractivity contribution in [3.8, 4) is 0 Å². The second kappa shape index (κ2) is 7.19. The molecule has 1 saturated heterocycles. The van der Waals surface area contributed by atoms with Crippen LogP contribution in [-0.2, 0) is 10.2 Å². The third kappa shape index (κ3) is 3.37. The minimum Gasteiger partial charge on any atom is -0.383 e. The predicted molar refractivity (Wildman–Crippen MR) is 98.3 cm³/mol. The van der Waals surface area contributed by atoms with E-state index in [9.17, 15) is 13.2 Å². The minimum atomic E-state index is -0.561. The first-order chi connectivity index (χ1) is 13.1. The molecule has 1 aromatic heterocycles. The fourth-order valence-electron chi connectivity index (χ4n) is 3.74. The Morgan fingerprint density at radius 2 is 1.63 bits per heavy atom. The Morgan fingerprint density at radius 3 is 2.37 bits per heavy atom. The summed E-state index contributed by atoms with van der Waals surface area (Å²) in [6, 6.07) is 10.3. The number of fused-ring (bicyclic) bond motifs is 1. The van der Waals surface area contributed by atoms with Crippen molar-refractivity contribution in [1.82, 2.24) is 4.98 Å². The highest BCUT2D eigenvalue weighted by Gasteiger charge is 2.34. The molecule has 6 heteroatoms. The van der Waals surface area contributed by atoms with E-state index in [2.05, 4.69) is 10.3 Å². The molecular weight excluding hydrogens is 353 g/mol. The lowest BCUT2D eigenvalue weighted by Gasteiger charge is -2.38. The van der Waals surface area contributed by atoms with Gasteiger partial charge in [0.1, 0.15) is 23.0 Å². The first-order valence-corrected chi connectivity index (χ1v) is 8.89. The lowest BCUT2D eigenvalue weighted by Crippen LogP contribution is -2.40. The number of rotatable bonds is 4. The molecular formula is C21H19F3N2O. The van der Waals surface area contributed by atoms with E-state index in [0.29, 0.717) is 25.4 Å². The number of anilines is 1. The molecule has 3 nitrogen and oxygen atoms in total. The van der Waals surface area contributed by atoms with Crippen LogP contribution in [-0.4, -0.2) is 24.7 Å². The van der Waals surface area contributed by atoms with Crippen molar-refractivity contribution in [2.75, 3.05) is 25.1 Å². The summed E-state index contributed by atoms with van der Waals surface area (Å²) in [5.41, 5.74) is 1.23. The topological polar surface area (TPSA) is 34.2 Å². The van der Waals surface area contributed by atoms with Gasteiger partial charge in [-0.1, -0.05) is 12.1 Å². The summed E-state index contributed by atoms with van der Waals surface area (Å²) in [5, 5.41) is 3.42. The number of hydrogen-bond donors (Lipinski definition) is 1. The van der Waals surface area contributed by atoms with Crippen LogP contribution in [0.2, 0.25) is 0 Å². The van der Waals surface area contributed by atoms with Gasteiger partial charge < -0.3 is 10.1 Å². The van der Waals surface area contributed by atoms with Gasteiger partial charge in [-0.3, -0.25) is 4.98 Å². The Kier molecular flexibility index (Phi) is 4.74. The third-order valence-corrected chi connectivity index (χ3v) is 5.32. The molecule has 0 atom stereocenters. The molecule has 0 amide bonds. The van der Waals surface area contributed by atoms with Crippen LogP contribution in [0.1, 0.15) is 18.4 Å². The molecule has 2 heterocycles. The van der Waals surface area contributed by atoms with E-state index in [4.69, 9.17) is 4.74 Å². The summed E-state index contributed by atoms with van der Waals surface area (Å²) in [4.78, 5) is 3.97. The van der Waals surface area contributed by atoms with Gasteiger partial charge in [0.05, 0.1) is 5.39 Å². The van der Waals surface area contributed by atoms with Crippen LogP contribution in [0.3, 0.4) is 0 Å². The van der Waals surface area contributed by atoms with Crippen LogP contribution in [0.15, 0.2) is 48.7 Å². The van der Waals surface area contributed by atoms with Crippen molar-refractivity contribution in [3.05, 3.63) is 71.7 Å². The summed E-state index contributed by atoms with van der Waals surface area (Å²) in [6.07, 6.45) is 2.97. The molecule has 3 aromatic rings. The molecule has 1 aliphatic rings. The molecule has 0 unspecified atom stereocenters. The van der Waals surface area contributed by atoms with Crippen LogP contribution >= 0.6 is 0 Å². The van der Waals surface area contributed by atoms with E-state index in [1.807, 2.05) is 0 Å². The highest BCUT2D eigenvalue weighted by atomic mass is 19.1. The normalized spacial score (nSPS) is 16.4. The molecule has 0 radical (unpaired) electrons. The molecule has 1 N–H and O–H groups in total. The molecule has 140 valence electrons. The van der Waals surface area contributed by atoms with Crippen molar-refractivity contribution < 1.29 is 17.9 Å². The Hall–Kier alpha value is -2.60. The monoisotopic (exact) mass is 372 g/mol. The van der Waals surface area contributed by atoms with Crippen molar-refractivity contribution in [1.29, 1.82) is 0 Å². The zero-order chi connectivity index (χ0) is 18.9. The molecule has 0 saturated carbocycles. The second-order valence-corrected chi connectivity index (χ2v) is 6.86. The number of benzene rings is 2. The van der Waals surface area contributed by atoms with Gasteiger partial charge in [-0.15, -0.1) is 0 Å². The number of halogens is 3. The number of nitrogens with one attached hydrogen (secondary N) is 1. The summed E-state index contributed by atoms with van der Waals surface area (Å²) in [7, 11) is 0. The van der Waals surface area contributed by atoms with Gasteiger partial charge in [0.25, 0.3) is 0 Å². The van der Waals surface area contributed by atoms with Crippen LogP contribution in [0, 0.1) is 17.5 Å². The average molecular weight is 372 g/mol. The van der Waals surface area contributed by atoms with Crippen molar-refractivity contribution in [2.24, 2.45) is 0 Å². The van der Waals surface area contributed by atoms with Crippen LogP contribution in [0.25, 0.3) is 10.9 Å². The number of ether oxygens (including phenoxy) is 1. The Bertz CT molecular complexity index is 954. The third-order valence-electron chi connectivity index (χ3n) is 5.32. The smallest absolute Gasteiger partial charge is 0.149 e. The largest absolute Gasteiger partial charge is 0.383 e. The number of aromatic nitrogens is 1. The predicted octanol–water partition coefficient (Wildman–Crippen LogP) is 4.81. The lowest BCUT2D eigenvalue weighted by atomic mass is 9.74. The maximum atomic E-state index is 14.3. The van der Waals surface area contributed by atoms with Gasteiger partial charge in [0, 0.05) is 37.1 Å². The zero-order valence-corrected chi connectivity index (χ0v) is 14.6. The van der Waals surface area contributed by atoms with Gasteiger partial charge in [-0.25, -0.2) is 13.2 Å². The molecule has 1 fully saturated rings. The summed E-state index contributed by atoms with van der Waals surface area (Å²) in [5.74, 6) is -1.37. The Labute approximate surface area is 155 Å². The highest BCUT2D eigenvalue weighted by molar-refractivity contribution is 5.91. The van der Waals surface area contributed by atoms with E-state index in [1.165, 1.54) is 18.3 Å². The van der Waals surface area contributed by atoms with E-state index < -0.39 is 11.6 Å². The Morgan fingerprint density at radius 1 is 0.926 bits per heavy atom. The summed E-state index contributed by atoms with van der Waals surface area (Å²) >= 11 is 0. The molecule has 0 aliphatic carbocycles. The number of nitrogens with zero attached hydrogens (tertiary/aromatic N) is 1. The second-order valence-electron chi connectivity index (χ2n) is 6.86. The zero-order valence-electron chi connectivity index (χ0n) is 14.6. The first-order valence-electron chi connectivity index (χ1n) is 8.89. The maximum absolute atomic E-state index is 14.3. The molecule has 4 rings (SSSR count). The fourth-order valence-corrected chi connectivity index (χ4v) is 3.74. The molecule has 0 spiro atoms. The quantitative estimate of drug-likeness (QED) is 0.714. The SMILES string of the molecule is Fc1ccc(C2(CNc3ccnc4c(F)ccc(F)c34)CCOCC2)cc1. The van der Waals surface area contributed by atoms with Crippen LogP contribution < -0.4 is 5.32 Å². The van der Waals surface area contributed by atoms with Crippen molar-refractivity contribution in [3.63, 3.8) is 0 Å². The maximum Gasteiger partial charge on any atom is 0.149 e. The summed E-state index contributed by atoms with van der Waals surface area (Å²) < 4.78 is 47.2. The number of hydrogen-bond acceptors (Lipinski definition) is 3. The van der Waals surface area contributed by atoms with Gasteiger partial charge in [0.15, 0.2) is 0 Å². The van der Waals surface area contributed by atoms with Crippen LogP contribution in [0.4, 0.5) is 18.9 Å². The van der Waals surface area contributed by atoms with E-state index in [0.717, 1.165) is 30.5 Å². The van der Waals surface area contributed by atoms with E-state index in [-0.39, 0.29) is 22.1 Å². The van der Waals surface area contributed by atoms with Gasteiger partial charge >= 0.3 is 0 Å². The van der Waals surface area contributed by atoms with Gasteiger partial charge in [-0.2, -0.15) is 0 Å². The molecule has 27 heavy (non-hydrogen) atoms. The van der Waals surface area contributed by atoms with Crippen molar-refractivity contribution in [2.45, 2.75) is 18.3 Å². The van der Waals surface area contributed by atoms with Gasteiger partial charge in [-0.05, 0) is 48.7 Å². The molecule has 0 bridgehead atoms. The molecule has 1 aliphatic heterocycles. The first kappa shape index (κ1) is 17.8. The van der Waals surface area contributed by atoms with Gasteiger partial charge in [0.2, 0.25) is 0 Å². The summed E-state index contributed by atoms with van der Waals surface area (Å²) in [6.45, 7) is 1.69. The van der Waals surface area contributed by atoms with E-state index >= 15 is 0 Å². The van der Waals surface area contributed by atoms with Crippen molar-refractivity contribution >= 4 is 16.6 Å². The Balaban J connectivity index is 1.69. The molecule has 2 aromatic carbocycles.